The molecule has 0 radical (unpaired) electrons. The van der Waals surface area contributed by atoms with E-state index in [9.17, 15) is 14.9 Å². The van der Waals surface area contributed by atoms with E-state index in [-0.39, 0.29) is 12.2 Å². The van der Waals surface area contributed by atoms with Crippen LogP contribution in [0.15, 0.2) is 18.2 Å². The van der Waals surface area contributed by atoms with Crippen LogP contribution in [-0.4, -0.2) is 22.0 Å². The second-order valence-corrected chi connectivity index (χ2v) is 4.53. The van der Waals surface area contributed by atoms with Crippen LogP contribution < -0.4 is 5.32 Å². The molecule has 7 heteroatoms. The zero-order valence-electron chi connectivity index (χ0n) is 10.4. The third kappa shape index (κ3) is 4.50. The normalized spacial score (nSPS) is 12.1. The summed E-state index contributed by atoms with van der Waals surface area (Å²) in [5.74, 6) is -0.966. The van der Waals surface area contributed by atoms with Crippen LogP contribution in [0.3, 0.4) is 0 Å². The van der Waals surface area contributed by atoms with Gasteiger partial charge in [0, 0.05) is 23.2 Å². The Labute approximate surface area is 115 Å². The van der Waals surface area contributed by atoms with E-state index in [2.05, 4.69) is 5.32 Å². The summed E-state index contributed by atoms with van der Waals surface area (Å²) < 4.78 is 0. The molecule has 6 nitrogen and oxygen atoms in total. The lowest BCUT2D eigenvalue weighted by Gasteiger charge is -2.13. The first kappa shape index (κ1) is 15.4. The van der Waals surface area contributed by atoms with Gasteiger partial charge in [0.15, 0.2) is 0 Å². The fourth-order valence-electron chi connectivity index (χ4n) is 1.71. The molecule has 0 bridgehead atoms. The number of hydrogen-bond acceptors (Lipinski definition) is 4. The molecule has 1 aromatic rings. The van der Waals surface area contributed by atoms with Crippen LogP contribution in [0.5, 0.6) is 0 Å². The average molecular weight is 287 g/mol. The largest absolute Gasteiger partial charge is 0.480 e. The Morgan fingerprint density at radius 2 is 2.26 bits per heavy atom. The van der Waals surface area contributed by atoms with Crippen molar-refractivity contribution in [1.29, 1.82) is 0 Å². The zero-order chi connectivity index (χ0) is 14.4. The lowest BCUT2D eigenvalue weighted by molar-refractivity contribution is -0.385. The van der Waals surface area contributed by atoms with E-state index in [1.54, 1.807) is 0 Å². The second kappa shape index (κ2) is 7.06. The standard InChI is InChI=1S/C12H15ClN2O4/c1-2-3-10(12(16)17)14-7-8-6-9(13)4-5-11(8)15(18)19/h4-6,10,14H,2-3,7H2,1H3,(H,16,17). The summed E-state index contributed by atoms with van der Waals surface area (Å²) in [6.07, 6.45) is 1.17. The first-order valence-electron chi connectivity index (χ1n) is 5.84. The first-order valence-corrected chi connectivity index (χ1v) is 6.22. The Kier molecular flexibility index (Phi) is 5.72. The lowest BCUT2D eigenvalue weighted by Crippen LogP contribution is -2.36. The molecule has 0 fully saturated rings. The summed E-state index contributed by atoms with van der Waals surface area (Å²) >= 11 is 5.79. The van der Waals surface area contributed by atoms with Crippen molar-refractivity contribution in [3.05, 3.63) is 38.9 Å². The van der Waals surface area contributed by atoms with Gasteiger partial charge in [-0.15, -0.1) is 0 Å². The molecule has 0 amide bonds. The Hall–Kier alpha value is -1.66. The number of carboxylic acids is 1. The monoisotopic (exact) mass is 286 g/mol. The van der Waals surface area contributed by atoms with Gasteiger partial charge in [-0.2, -0.15) is 0 Å². The average Bonchev–Trinajstić information content (AvgIpc) is 2.33. The van der Waals surface area contributed by atoms with Crippen molar-refractivity contribution in [1.82, 2.24) is 5.32 Å². The summed E-state index contributed by atoms with van der Waals surface area (Å²) in [5.41, 5.74) is 0.303. The zero-order valence-corrected chi connectivity index (χ0v) is 11.2. The molecule has 1 unspecified atom stereocenters. The van der Waals surface area contributed by atoms with Gasteiger partial charge in [-0.25, -0.2) is 0 Å². The summed E-state index contributed by atoms with van der Waals surface area (Å²) in [5, 5.41) is 23.0. The summed E-state index contributed by atoms with van der Waals surface area (Å²) in [7, 11) is 0. The fraction of sp³-hybridized carbons (Fsp3) is 0.417. The molecule has 1 atom stereocenters. The van der Waals surface area contributed by atoms with E-state index in [1.165, 1.54) is 18.2 Å². The van der Waals surface area contributed by atoms with Crippen molar-refractivity contribution < 1.29 is 14.8 Å². The van der Waals surface area contributed by atoms with E-state index in [0.29, 0.717) is 23.4 Å². The van der Waals surface area contributed by atoms with E-state index in [0.717, 1.165) is 0 Å². The van der Waals surface area contributed by atoms with Gasteiger partial charge >= 0.3 is 5.97 Å². The quantitative estimate of drug-likeness (QED) is 0.593. The van der Waals surface area contributed by atoms with Gasteiger partial charge in [0.2, 0.25) is 0 Å². The first-order chi connectivity index (χ1) is 8.95. The number of carbonyl (C=O) groups is 1. The number of nitro benzene ring substituents is 1. The molecule has 104 valence electrons. The van der Waals surface area contributed by atoms with Crippen molar-refractivity contribution in [3.8, 4) is 0 Å². The number of benzene rings is 1. The van der Waals surface area contributed by atoms with Crippen LogP contribution in [0.25, 0.3) is 0 Å². The topological polar surface area (TPSA) is 92.5 Å². The number of nitrogens with zero attached hydrogens (tertiary/aromatic N) is 1. The van der Waals surface area contributed by atoms with Crippen LogP contribution in [0.1, 0.15) is 25.3 Å². The number of halogens is 1. The molecular formula is C12H15ClN2O4. The molecule has 0 aliphatic carbocycles. The van der Waals surface area contributed by atoms with Crippen molar-refractivity contribution >= 4 is 23.3 Å². The van der Waals surface area contributed by atoms with Gasteiger partial charge < -0.3 is 10.4 Å². The van der Waals surface area contributed by atoms with Crippen LogP contribution in [0.4, 0.5) is 5.69 Å². The summed E-state index contributed by atoms with van der Waals surface area (Å²) in [4.78, 5) is 21.3. The van der Waals surface area contributed by atoms with Crippen molar-refractivity contribution in [2.45, 2.75) is 32.4 Å². The van der Waals surface area contributed by atoms with Gasteiger partial charge in [-0.05, 0) is 18.6 Å². The van der Waals surface area contributed by atoms with Crippen molar-refractivity contribution in [2.24, 2.45) is 0 Å². The smallest absolute Gasteiger partial charge is 0.320 e. The highest BCUT2D eigenvalue weighted by molar-refractivity contribution is 6.30. The molecule has 2 N–H and O–H groups in total. The Morgan fingerprint density at radius 3 is 2.79 bits per heavy atom. The van der Waals surface area contributed by atoms with Crippen LogP contribution in [-0.2, 0) is 11.3 Å². The van der Waals surface area contributed by atoms with Crippen molar-refractivity contribution in [2.75, 3.05) is 0 Å². The lowest BCUT2D eigenvalue weighted by atomic mass is 10.1. The minimum atomic E-state index is -0.966. The predicted octanol–water partition coefficient (Wildman–Crippen LogP) is 2.59. The molecule has 0 aromatic heterocycles. The van der Waals surface area contributed by atoms with Gasteiger partial charge in [0.1, 0.15) is 6.04 Å². The highest BCUT2D eigenvalue weighted by Crippen LogP contribution is 2.22. The molecule has 19 heavy (non-hydrogen) atoms. The van der Waals surface area contributed by atoms with E-state index >= 15 is 0 Å². The van der Waals surface area contributed by atoms with Gasteiger partial charge in [-0.1, -0.05) is 24.9 Å². The SMILES string of the molecule is CCCC(NCc1cc(Cl)ccc1[N+](=O)[O-])C(=O)O. The maximum atomic E-state index is 11.0. The Balaban J connectivity index is 2.83. The molecule has 0 aliphatic rings. The number of hydrogen-bond donors (Lipinski definition) is 2. The van der Waals surface area contributed by atoms with Crippen LogP contribution in [0, 0.1) is 10.1 Å². The third-order valence-corrected chi connectivity index (χ3v) is 2.89. The number of aliphatic carboxylic acids is 1. The number of nitro groups is 1. The van der Waals surface area contributed by atoms with E-state index in [1.807, 2.05) is 6.92 Å². The Bertz CT molecular complexity index is 479. The van der Waals surface area contributed by atoms with Gasteiger partial charge in [0.25, 0.3) is 5.69 Å². The molecule has 0 heterocycles. The summed E-state index contributed by atoms with van der Waals surface area (Å²) in [6, 6.07) is 3.50. The number of rotatable bonds is 7. The molecule has 1 aromatic carbocycles. The summed E-state index contributed by atoms with van der Waals surface area (Å²) in [6.45, 7) is 1.97. The highest BCUT2D eigenvalue weighted by Gasteiger charge is 2.19. The third-order valence-electron chi connectivity index (χ3n) is 2.65. The minimum Gasteiger partial charge on any atom is -0.480 e. The fourth-order valence-corrected chi connectivity index (χ4v) is 1.90. The van der Waals surface area contributed by atoms with Gasteiger partial charge in [0.05, 0.1) is 4.92 Å². The maximum absolute atomic E-state index is 11.0. The second-order valence-electron chi connectivity index (χ2n) is 4.09. The van der Waals surface area contributed by atoms with Crippen LogP contribution in [0.2, 0.25) is 5.02 Å². The predicted molar refractivity (Wildman–Crippen MR) is 71.3 cm³/mol. The van der Waals surface area contributed by atoms with Gasteiger partial charge in [-0.3, -0.25) is 14.9 Å². The number of nitrogens with one attached hydrogen (secondary N) is 1. The molecule has 1 rings (SSSR count). The molecule has 0 aliphatic heterocycles. The molecular weight excluding hydrogens is 272 g/mol. The molecule has 0 saturated carbocycles. The van der Waals surface area contributed by atoms with Crippen molar-refractivity contribution in [3.63, 3.8) is 0 Å². The Morgan fingerprint density at radius 1 is 1.58 bits per heavy atom. The van der Waals surface area contributed by atoms with Crippen LogP contribution >= 0.6 is 11.6 Å². The minimum absolute atomic E-state index is 0.0717. The highest BCUT2D eigenvalue weighted by atomic mass is 35.5. The molecule has 0 spiro atoms. The maximum Gasteiger partial charge on any atom is 0.320 e. The van der Waals surface area contributed by atoms with E-state index < -0.39 is 16.9 Å². The number of carboxylic acid groups (broad SMARTS) is 1. The molecule has 0 saturated heterocycles. The van der Waals surface area contributed by atoms with E-state index in [4.69, 9.17) is 16.7 Å².